The Kier molecular flexibility index (Phi) is 5.50. The average molecular weight is 285 g/mol. The molecule has 1 unspecified atom stereocenters. The van der Waals surface area contributed by atoms with Gasteiger partial charge in [-0.2, -0.15) is 0 Å². The number of hydrogen-bond acceptors (Lipinski definition) is 5. The maximum absolute atomic E-state index is 11.5. The van der Waals surface area contributed by atoms with Crippen LogP contribution in [0.2, 0.25) is 0 Å². The molecular weight excluding hydrogens is 266 g/mol. The molecule has 0 spiro atoms. The molecule has 0 aromatic carbocycles. The number of ether oxygens (including phenoxy) is 1. The largest absolute Gasteiger partial charge is 0.480 e. The van der Waals surface area contributed by atoms with E-state index in [1.165, 1.54) is 11.3 Å². The van der Waals surface area contributed by atoms with E-state index in [0.717, 1.165) is 4.88 Å². The second-order valence-electron chi connectivity index (χ2n) is 5.14. The highest BCUT2D eigenvalue weighted by Crippen LogP contribution is 2.11. The highest BCUT2D eigenvalue weighted by molar-refractivity contribution is 7.09. The van der Waals surface area contributed by atoms with Crippen molar-refractivity contribution in [1.29, 1.82) is 0 Å². The van der Waals surface area contributed by atoms with E-state index in [1.807, 2.05) is 17.5 Å². The van der Waals surface area contributed by atoms with Gasteiger partial charge >= 0.3 is 11.9 Å². The molecule has 0 saturated heterocycles. The first-order chi connectivity index (χ1) is 8.78. The summed E-state index contributed by atoms with van der Waals surface area (Å²) in [7, 11) is 0. The van der Waals surface area contributed by atoms with Crippen molar-refractivity contribution in [3.05, 3.63) is 22.4 Å². The van der Waals surface area contributed by atoms with Gasteiger partial charge in [-0.05, 0) is 32.2 Å². The van der Waals surface area contributed by atoms with E-state index in [4.69, 9.17) is 9.84 Å². The van der Waals surface area contributed by atoms with Crippen molar-refractivity contribution in [2.24, 2.45) is 0 Å². The Hall–Kier alpha value is -1.40. The van der Waals surface area contributed by atoms with Crippen LogP contribution in [0.4, 0.5) is 0 Å². The van der Waals surface area contributed by atoms with E-state index in [2.05, 4.69) is 5.32 Å². The van der Waals surface area contributed by atoms with E-state index in [0.29, 0.717) is 6.42 Å². The summed E-state index contributed by atoms with van der Waals surface area (Å²) in [5.74, 6) is -1.43. The molecule has 1 heterocycles. The van der Waals surface area contributed by atoms with Crippen molar-refractivity contribution in [2.75, 3.05) is 6.54 Å². The lowest BCUT2D eigenvalue weighted by atomic mass is 10.2. The molecule has 0 fully saturated rings. The van der Waals surface area contributed by atoms with Gasteiger partial charge in [-0.1, -0.05) is 6.07 Å². The molecule has 0 amide bonds. The number of carboxylic acid groups (broad SMARTS) is 1. The SMILES string of the molecule is CC(C)(C)OC(=O)CNC(Cc1cccs1)C(=O)O. The van der Waals surface area contributed by atoms with Crippen molar-refractivity contribution in [2.45, 2.75) is 38.8 Å². The van der Waals surface area contributed by atoms with Crippen molar-refractivity contribution >= 4 is 23.3 Å². The standard InChI is InChI=1S/C13H19NO4S/c1-13(2,3)18-11(15)8-14-10(12(16)17)7-9-5-4-6-19-9/h4-6,10,14H,7-8H2,1-3H3,(H,16,17). The Labute approximate surface area is 116 Å². The van der Waals surface area contributed by atoms with Gasteiger partial charge in [0.2, 0.25) is 0 Å². The minimum absolute atomic E-state index is 0.111. The van der Waals surface area contributed by atoms with Crippen molar-refractivity contribution in [3.8, 4) is 0 Å². The van der Waals surface area contributed by atoms with E-state index < -0.39 is 23.6 Å². The highest BCUT2D eigenvalue weighted by Gasteiger charge is 2.21. The van der Waals surface area contributed by atoms with Crippen LogP contribution in [0.15, 0.2) is 17.5 Å². The predicted molar refractivity (Wildman–Crippen MR) is 73.3 cm³/mol. The zero-order valence-corrected chi connectivity index (χ0v) is 12.1. The van der Waals surface area contributed by atoms with Crippen LogP contribution in [0.1, 0.15) is 25.6 Å². The van der Waals surface area contributed by atoms with E-state index in [-0.39, 0.29) is 6.54 Å². The zero-order chi connectivity index (χ0) is 14.5. The average Bonchev–Trinajstić information content (AvgIpc) is 2.73. The van der Waals surface area contributed by atoms with Crippen LogP contribution in [0.25, 0.3) is 0 Å². The Bertz CT molecular complexity index is 422. The number of esters is 1. The highest BCUT2D eigenvalue weighted by atomic mass is 32.1. The van der Waals surface area contributed by atoms with Crippen LogP contribution in [-0.2, 0) is 20.7 Å². The van der Waals surface area contributed by atoms with Gasteiger partial charge in [0.15, 0.2) is 0 Å². The maximum atomic E-state index is 11.5. The summed E-state index contributed by atoms with van der Waals surface area (Å²) < 4.78 is 5.11. The monoisotopic (exact) mass is 285 g/mol. The molecule has 6 heteroatoms. The minimum atomic E-state index is -0.975. The lowest BCUT2D eigenvalue weighted by molar-refractivity contribution is -0.154. The Morgan fingerprint density at radius 1 is 1.47 bits per heavy atom. The number of thiophene rings is 1. The normalized spacial score (nSPS) is 13.0. The van der Waals surface area contributed by atoms with Gasteiger partial charge in [0, 0.05) is 11.3 Å². The Morgan fingerprint density at radius 3 is 2.63 bits per heavy atom. The van der Waals surface area contributed by atoms with E-state index >= 15 is 0 Å². The summed E-state index contributed by atoms with van der Waals surface area (Å²) in [6.07, 6.45) is 0.357. The number of rotatable bonds is 6. The van der Waals surface area contributed by atoms with Gasteiger partial charge in [-0.3, -0.25) is 14.9 Å². The third-order valence-corrected chi connectivity index (χ3v) is 3.10. The molecular formula is C13H19NO4S. The summed E-state index contributed by atoms with van der Waals surface area (Å²) in [5.41, 5.74) is -0.564. The first-order valence-electron chi connectivity index (χ1n) is 5.98. The van der Waals surface area contributed by atoms with Crippen LogP contribution >= 0.6 is 11.3 Å². The topological polar surface area (TPSA) is 75.6 Å². The summed E-state index contributed by atoms with van der Waals surface area (Å²) in [4.78, 5) is 23.6. The van der Waals surface area contributed by atoms with E-state index in [9.17, 15) is 9.59 Å². The number of carboxylic acids is 1. The Morgan fingerprint density at radius 2 is 2.16 bits per heavy atom. The van der Waals surface area contributed by atoms with Crippen LogP contribution < -0.4 is 5.32 Å². The second kappa shape index (κ2) is 6.68. The van der Waals surface area contributed by atoms with Gasteiger partial charge in [-0.15, -0.1) is 11.3 Å². The number of carbonyl (C=O) groups is 2. The lowest BCUT2D eigenvalue weighted by Crippen LogP contribution is -2.42. The van der Waals surface area contributed by atoms with Gasteiger partial charge in [-0.25, -0.2) is 0 Å². The fourth-order valence-corrected chi connectivity index (χ4v) is 2.21. The van der Waals surface area contributed by atoms with Crippen LogP contribution in [0, 0.1) is 0 Å². The first kappa shape index (κ1) is 15.7. The molecule has 1 rings (SSSR count). The summed E-state index contributed by atoms with van der Waals surface area (Å²) >= 11 is 1.49. The van der Waals surface area contributed by atoms with Crippen molar-refractivity contribution < 1.29 is 19.4 Å². The predicted octanol–water partition coefficient (Wildman–Crippen LogP) is 1.68. The zero-order valence-electron chi connectivity index (χ0n) is 11.3. The van der Waals surface area contributed by atoms with Crippen LogP contribution in [-0.4, -0.2) is 35.2 Å². The smallest absolute Gasteiger partial charge is 0.321 e. The summed E-state index contributed by atoms with van der Waals surface area (Å²) in [5, 5.41) is 13.7. The number of carbonyl (C=O) groups excluding carboxylic acids is 1. The van der Waals surface area contributed by atoms with Gasteiger partial charge in [0.25, 0.3) is 0 Å². The molecule has 0 aliphatic rings. The Balaban J connectivity index is 2.46. The molecule has 0 radical (unpaired) electrons. The number of nitrogens with one attached hydrogen (secondary N) is 1. The van der Waals surface area contributed by atoms with Crippen LogP contribution in [0.3, 0.4) is 0 Å². The minimum Gasteiger partial charge on any atom is -0.480 e. The summed E-state index contributed by atoms with van der Waals surface area (Å²) in [6.45, 7) is 5.20. The molecule has 19 heavy (non-hydrogen) atoms. The molecule has 1 aromatic heterocycles. The molecule has 2 N–H and O–H groups in total. The lowest BCUT2D eigenvalue weighted by Gasteiger charge is -2.20. The van der Waals surface area contributed by atoms with Gasteiger partial charge in [0.05, 0.1) is 6.54 Å². The fourth-order valence-electron chi connectivity index (χ4n) is 1.46. The molecule has 0 saturated carbocycles. The van der Waals surface area contributed by atoms with Crippen molar-refractivity contribution in [1.82, 2.24) is 5.32 Å². The molecule has 1 aromatic rings. The van der Waals surface area contributed by atoms with Crippen molar-refractivity contribution in [3.63, 3.8) is 0 Å². The molecule has 5 nitrogen and oxygen atoms in total. The fraction of sp³-hybridized carbons (Fsp3) is 0.538. The quantitative estimate of drug-likeness (QED) is 0.778. The van der Waals surface area contributed by atoms with Gasteiger partial charge < -0.3 is 9.84 Å². The maximum Gasteiger partial charge on any atom is 0.321 e. The third kappa shape index (κ3) is 6.35. The molecule has 0 aliphatic heterocycles. The molecule has 106 valence electrons. The number of hydrogen-bond donors (Lipinski definition) is 2. The molecule has 0 aliphatic carbocycles. The first-order valence-corrected chi connectivity index (χ1v) is 6.86. The number of aliphatic carboxylic acids is 1. The van der Waals surface area contributed by atoms with E-state index in [1.54, 1.807) is 20.8 Å². The van der Waals surface area contributed by atoms with Gasteiger partial charge in [0.1, 0.15) is 11.6 Å². The van der Waals surface area contributed by atoms with Crippen LogP contribution in [0.5, 0.6) is 0 Å². The second-order valence-corrected chi connectivity index (χ2v) is 6.17. The summed E-state index contributed by atoms with van der Waals surface area (Å²) in [6, 6.07) is 2.95. The molecule has 0 bridgehead atoms. The third-order valence-electron chi connectivity index (χ3n) is 2.20. The molecule has 1 atom stereocenters.